The van der Waals surface area contributed by atoms with Gasteiger partial charge in [0.15, 0.2) is 0 Å². The van der Waals surface area contributed by atoms with Crippen LogP contribution >= 0.6 is 0 Å². The van der Waals surface area contributed by atoms with E-state index in [-0.39, 0.29) is 29.6 Å². The molecule has 1 aliphatic rings. The molecule has 0 aliphatic carbocycles. The minimum absolute atomic E-state index is 0. The normalized spacial score (nSPS) is 12.7. The first-order valence-electron chi connectivity index (χ1n) is 3.36. The number of hydrogen-bond acceptors (Lipinski definition) is 1. The van der Waals surface area contributed by atoms with Gasteiger partial charge in [-0.3, -0.25) is 0 Å². The van der Waals surface area contributed by atoms with Gasteiger partial charge in [0.2, 0.25) is 0 Å². The van der Waals surface area contributed by atoms with Crippen LogP contribution in [0.25, 0.3) is 0 Å². The molecule has 2 rings (SSSR count). The second kappa shape index (κ2) is 3.96. The monoisotopic (exact) mass is 156 g/mol. The van der Waals surface area contributed by atoms with Gasteiger partial charge in [-0.1, -0.05) is 18.2 Å². The fourth-order valence-electron chi connectivity index (χ4n) is 1.08. The maximum absolute atomic E-state index is 5.24. The van der Waals surface area contributed by atoms with Crippen molar-refractivity contribution in [1.82, 2.24) is 0 Å². The zero-order valence-electron chi connectivity index (χ0n) is 5.58. The molecular formula is C9H9NaO. The van der Waals surface area contributed by atoms with E-state index in [2.05, 4.69) is 6.07 Å². The van der Waals surface area contributed by atoms with Crippen LogP contribution in [-0.4, -0.2) is 29.6 Å². The van der Waals surface area contributed by atoms with E-state index >= 15 is 0 Å². The van der Waals surface area contributed by atoms with Gasteiger partial charge in [0, 0.05) is 0 Å². The van der Waals surface area contributed by atoms with Gasteiger partial charge in [-0.2, -0.15) is 0 Å². The predicted octanol–water partition coefficient (Wildman–Crippen LogP) is 1.49. The molecule has 0 atom stereocenters. The van der Waals surface area contributed by atoms with Crippen LogP contribution in [0.3, 0.4) is 0 Å². The van der Waals surface area contributed by atoms with E-state index in [1.54, 1.807) is 6.26 Å². The quantitative estimate of drug-likeness (QED) is 0.517. The molecule has 0 saturated heterocycles. The van der Waals surface area contributed by atoms with Gasteiger partial charge in [-0.05, 0) is 24.1 Å². The van der Waals surface area contributed by atoms with Crippen molar-refractivity contribution in [2.24, 2.45) is 0 Å². The Labute approximate surface area is 88.4 Å². The Kier molecular flexibility index (Phi) is 3.18. The molecule has 0 N–H and O–H groups in total. The standard InChI is InChI=1S/C9H8O.Na.H/c1-2-6-9-8(4-1)5-3-7-10-9;;/h1-4,6-7H,5H2;;. The summed E-state index contributed by atoms with van der Waals surface area (Å²) < 4.78 is 5.24. The first-order valence-corrected chi connectivity index (χ1v) is 3.36. The molecule has 0 spiro atoms. The zero-order valence-corrected chi connectivity index (χ0v) is 5.58. The van der Waals surface area contributed by atoms with E-state index in [0.717, 1.165) is 12.2 Å². The Bertz CT molecular complexity index is 241. The third kappa shape index (κ3) is 1.86. The van der Waals surface area contributed by atoms with E-state index in [9.17, 15) is 0 Å². The number of para-hydroxylation sites is 1. The Morgan fingerprint density at radius 1 is 1.18 bits per heavy atom. The Hall–Kier alpha value is -0.240. The van der Waals surface area contributed by atoms with Crippen LogP contribution in [-0.2, 0) is 6.42 Å². The number of ether oxygens (including phenoxy) is 1. The van der Waals surface area contributed by atoms with Crippen molar-refractivity contribution >= 4 is 29.6 Å². The molecule has 0 unspecified atom stereocenters. The van der Waals surface area contributed by atoms with Crippen molar-refractivity contribution in [2.45, 2.75) is 6.42 Å². The maximum atomic E-state index is 5.24. The van der Waals surface area contributed by atoms with Crippen LogP contribution in [0.15, 0.2) is 36.6 Å². The fourth-order valence-corrected chi connectivity index (χ4v) is 1.08. The first-order chi connectivity index (χ1) is 4.97. The predicted molar refractivity (Wildman–Crippen MR) is 47.1 cm³/mol. The van der Waals surface area contributed by atoms with Gasteiger partial charge in [-0.15, -0.1) is 0 Å². The van der Waals surface area contributed by atoms with Crippen molar-refractivity contribution in [1.29, 1.82) is 0 Å². The summed E-state index contributed by atoms with van der Waals surface area (Å²) in [6, 6.07) is 8.08. The summed E-state index contributed by atoms with van der Waals surface area (Å²) in [5.74, 6) is 0.991. The van der Waals surface area contributed by atoms with E-state index < -0.39 is 0 Å². The molecule has 0 radical (unpaired) electrons. The van der Waals surface area contributed by atoms with Gasteiger partial charge >= 0.3 is 29.6 Å². The zero-order chi connectivity index (χ0) is 6.81. The molecule has 1 nitrogen and oxygen atoms in total. The van der Waals surface area contributed by atoms with Crippen LogP contribution in [0.1, 0.15) is 5.56 Å². The SMILES string of the molecule is C1=COc2ccccc2C1.[NaH]. The van der Waals surface area contributed by atoms with Gasteiger partial charge in [0.25, 0.3) is 0 Å². The fraction of sp³-hybridized carbons (Fsp3) is 0.111. The van der Waals surface area contributed by atoms with Crippen LogP contribution in [0.4, 0.5) is 0 Å². The van der Waals surface area contributed by atoms with Gasteiger partial charge in [0.1, 0.15) is 5.75 Å². The second-order valence-corrected chi connectivity index (χ2v) is 2.30. The molecule has 1 aromatic rings. The summed E-state index contributed by atoms with van der Waals surface area (Å²) >= 11 is 0. The van der Waals surface area contributed by atoms with Crippen molar-refractivity contribution in [3.63, 3.8) is 0 Å². The summed E-state index contributed by atoms with van der Waals surface area (Å²) in [7, 11) is 0. The number of rotatable bonds is 0. The summed E-state index contributed by atoms with van der Waals surface area (Å²) in [4.78, 5) is 0. The number of fused-ring (bicyclic) bond motifs is 1. The molecule has 1 aromatic carbocycles. The number of benzene rings is 1. The Balaban J connectivity index is 0.000000605. The van der Waals surface area contributed by atoms with Gasteiger partial charge < -0.3 is 4.74 Å². The van der Waals surface area contributed by atoms with Gasteiger partial charge in [-0.25, -0.2) is 0 Å². The molecular weight excluding hydrogens is 147 g/mol. The van der Waals surface area contributed by atoms with Crippen molar-refractivity contribution in [2.75, 3.05) is 0 Å². The summed E-state index contributed by atoms with van der Waals surface area (Å²) in [5, 5.41) is 0. The van der Waals surface area contributed by atoms with E-state index in [4.69, 9.17) is 4.74 Å². The summed E-state index contributed by atoms with van der Waals surface area (Å²) in [6.45, 7) is 0. The third-order valence-corrected chi connectivity index (χ3v) is 1.60. The third-order valence-electron chi connectivity index (χ3n) is 1.60. The molecule has 1 aliphatic heterocycles. The summed E-state index contributed by atoms with van der Waals surface area (Å²) in [6.07, 6.45) is 4.75. The average Bonchev–Trinajstić information content (AvgIpc) is 2.05. The first kappa shape index (κ1) is 8.85. The molecule has 0 amide bonds. The van der Waals surface area contributed by atoms with Crippen LogP contribution in [0.5, 0.6) is 5.75 Å². The van der Waals surface area contributed by atoms with Crippen molar-refractivity contribution in [3.8, 4) is 5.75 Å². The van der Waals surface area contributed by atoms with E-state index in [1.165, 1.54) is 5.56 Å². The van der Waals surface area contributed by atoms with Crippen molar-refractivity contribution in [3.05, 3.63) is 42.2 Å². The number of hydrogen-bond donors (Lipinski definition) is 0. The van der Waals surface area contributed by atoms with Crippen molar-refractivity contribution < 1.29 is 4.74 Å². The molecule has 0 bridgehead atoms. The van der Waals surface area contributed by atoms with E-state index in [1.807, 2.05) is 24.3 Å². The topological polar surface area (TPSA) is 9.23 Å². The van der Waals surface area contributed by atoms with Crippen LogP contribution in [0.2, 0.25) is 0 Å². The van der Waals surface area contributed by atoms with Crippen LogP contribution in [0, 0.1) is 0 Å². The van der Waals surface area contributed by atoms with Gasteiger partial charge in [0.05, 0.1) is 6.26 Å². The second-order valence-electron chi connectivity index (χ2n) is 2.30. The molecule has 0 saturated carbocycles. The molecule has 52 valence electrons. The molecule has 0 fully saturated rings. The summed E-state index contributed by atoms with van der Waals surface area (Å²) in [5.41, 5.74) is 1.27. The Morgan fingerprint density at radius 2 is 2.00 bits per heavy atom. The molecule has 0 aromatic heterocycles. The molecule has 11 heavy (non-hydrogen) atoms. The minimum atomic E-state index is 0. The van der Waals surface area contributed by atoms with Crippen LogP contribution < -0.4 is 4.74 Å². The Morgan fingerprint density at radius 3 is 2.82 bits per heavy atom. The number of allylic oxidation sites excluding steroid dienone is 1. The average molecular weight is 156 g/mol. The van der Waals surface area contributed by atoms with E-state index in [0.29, 0.717) is 0 Å². The molecule has 2 heteroatoms. The molecule has 1 heterocycles.